The Labute approximate surface area is 118 Å². The summed E-state index contributed by atoms with van der Waals surface area (Å²) in [6, 6.07) is 20.2. The van der Waals surface area contributed by atoms with E-state index < -0.39 is 0 Å². The van der Waals surface area contributed by atoms with Gasteiger partial charge >= 0.3 is 0 Å². The minimum absolute atomic E-state index is 0.0661. The molecule has 0 amide bonds. The topological polar surface area (TPSA) is 55.3 Å². The van der Waals surface area contributed by atoms with E-state index in [1.807, 2.05) is 48.7 Å². The van der Waals surface area contributed by atoms with Crippen molar-refractivity contribution in [3.63, 3.8) is 0 Å². The Kier molecular flexibility index (Phi) is 3.27. The molecule has 0 fully saturated rings. The maximum atomic E-state index is 6.21. The Bertz CT molecular complexity index is 644. The molecule has 0 aromatic heterocycles. The highest BCUT2D eigenvalue weighted by molar-refractivity contribution is 5.76. The zero-order valence-corrected chi connectivity index (χ0v) is 11.1. The molecule has 3 rings (SSSR count). The molecule has 3 nitrogen and oxygen atoms in total. The van der Waals surface area contributed by atoms with Crippen LogP contribution in [0, 0.1) is 0 Å². The van der Waals surface area contributed by atoms with Gasteiger partial charge in [0.1, 0.15) is 0 Å². The minimum Gasteiger partial charge on any atom is -0.398 e. The van der Waals surface area contributed by atoms with E-state index in [4.69, 9.17) is 11.6 Å². The molecule has 0 radical (unpaired) electrons. The highest BCUT2D eigenvalue weighted by atomic mass is 15.4. The van der Waals surface area contributed by atoms with Gasteiger partial charge in [-0.1, -0.05) is 60.7 Å². The zero-order valence-electron chi connectivity index (χ0n) is 11.1. The Morgan fingerprint density at radius 1 is 0.850 bits per heavy atom. The van der Waals surface area contributed by atoms with E-state index in [2.05, 4.69) is 24.3 Å². The van der Waals surface area contributed by atoms with Crippen molar-refractivity contribution in [2.45, 2.75) is 6.04 Å². The molecule has 3 heteroatoms. The van der Waals surface area contributed by atoms with Gasteiger partial charge in [-0.15, -0.1) is 0 Å². The van der Waals surface area contributed by atoms with E-state index in [0.29, 0.717) is 0 Å². The van der Waals surface area contributed by atoms with Crippen LogP contribution in [0.4, 0.5) is 0 Å². The molecule has 0 spiro atoms. The Morgan fingerprint density at radius 3 is 2.10 bits per heavy atom. The van der Waals surface area contributed by atoms with Crippen LogP contribution in [0.2, 0.25) is 0 Å². The summed E-state index contributed by atoms with van der Waals surface area (Å²) in [6.45, 7) is 0. The standard InChI is InChI=1S/C17H17N3/c18-15-11-12-20(19)17(14-9-5-2-6-10-14)16(15)13-7-3-1-4-8-13/h1-12,17H,18-19H2. The molecule has 100 valence electrons. The SMILES string of the molecule is NC1=C(c2ccccc2)C(c2ccccc2)N(N)C=C1. The van der Waals surface area contributed by atoms with Crippen molar-refractivity contribution in [2.24, 2.45) is 11.6 Å². The summed E-state index contributed by atoms with van der Waals surface area (Å²) in [6.07, 6.45) is 3.67. The van der Waals surface area contributed by atoms with Crippen molar-refractivity contribution in [1.82, 2.24) is 5.01 Å². The molecule has 1 atom stereocenters. The largest absolute Gasteiger partial charge is 0.398 e. The van der Waals surface area contributed by atoms with Crippen molar-refractivity contribution >= 4 is 5.57 Å². The average Bonchev–Trinajstić information content (AvgIpc) is 2.51. The van der Waals surface area contributed by atoms with Gasteiger partial charge in [0.2, 0.25) is 0 Å². The number of nitrogens with two attached hydrogens (primary N) is 2. The lowest BCUT2D eigenvalue weighted by atomic mass is 9.89. The predicted molar refractivity (Wildman–Crippen MR) is 81.9 cm³/mol. The van der Waals surface area contributed by atoms with E-state index >= 15 is 0 Å². The highest BCUT2D eigenvalue weighted by Crippen LogP contribution is 2.37. The first-order chi connectivity index (χ1) is 9.77. The molecule has 0 saturated heterocycles. The van der Waals surface area contributed by atoms with E-state index in [1.165, 1.54) is 0 Å². The second-order valence-corrected chi connectivity index (χ2v) is 4.81. The van der Waals surface area contributed by atoms with Crippen LogP contribution in [0.15, 0.2) is 78.6 Å². The van der Waals surface area contributed by atoms with Gasteiger partial charge in [-0.05, 0) is 17.2 Å². The zero-order chi connectivity index (χ0) is 13.9. The fourth-order valence-corrected chi connectivity index (χ4v) is 2.57. The lowest BCUT2D eigenvalue weighted by molar-refractivity contribution is 0.341. The molecule has 2 aromatic rings. The summed E-state index contributed by atoms with van der Waals surface area (Å²) in [5.41, 5.74) is 10.2. The van der Waals surface area contributed by atoms with Crippen LogP contribution in [0.5, 0.6) is 0 Å². The third-order valence-electron chi connectivity index (χ3n) is 3.51. The molecule has 1 unspecified atom stereocenters. The second-order valence-electron chi connectivity index (χ2n) is 4.81. The van der Waals surface area contributed by atoms with Crippen LogP contribution in [-0.4, -0.2) is 5.01 Å². The van der Waals surface area contributed by atoms with Gasteiger partial charge in [-0.2, -0.15) is 0 Å². The van der Waals surface area contributed by atoms with Crippen LogP contribution in [0.25, 0.3) is 5.57 Å². The van der Waals surface area contributed by atoms with Crippen LogP contribution in [-0.2, 0) is 0 Å². The number of allylic oxidation sites excluding steroid dienone is 1. The minimum atomic E-state index is -0.0661. The quantitative estimate of drug-likeness (QED) is 0.819. The fraction of sp³-hybridized carbons (Fsp3) is 0.0588. The highest BCUT2D eigenvalue weighted by Gasteiger charge is 2.26. The number of rotatable bonds is 2. The summed E-state index contributed by atoms with van der Waals surface area (Å²) in [7, 11) is 0. The van der Waals surface area contributed by atoms with Crippen molar-refractivity contribution < 1.29 is 0 Å². The fourth-order valence-electron chi connectivity index (χ4n) is 2.57. The normalized spacial score (nSPS) is 18.4. The summed E-state index contributed by atoms with van der Waals surface area (Å²) in [5, 5.41) is 1.70. The van der Waals surface area contributed by atoms with Crippen LogP contribution >= 0.6 is 0 Å². The molecule has 0 aliphatic carbocycles. The van der Waals surface area contributed by atoms with Gasteiger partial charge < -0.3 is 10.7 Å². The maximum Gasteiger partial charge on any atom is 0.0970 e. The first-order valence-electron chi connectivity index (χ1n) is 6.58. The molecule has 4 N–H and O–H groups in total. The first-order valence-corrected chi connectivity index (χ1v) is 6.58. The van der Waals surface area contributed by atoms with Crippen molar-refractivity contribution in [3.8, 4) is 0 Å². The summed E-state index contributed by atoms with van der Waals surface area (Å²) in [4.78, 5) is 0. The van der Waals surface area contributed by atoms with Crippen molar-refractivity contribution in [1.29, 1.82) is 0 Å². The number of hydrogen-bond donors (Lipinski definition) is 2. The van der Waals surface area contributed by atoms with Crippen molar-refractivity contribution in [3.05, 3.63) is 89.8 Å². The number of benzene rings is 2. The average molecular weight is 263 g/mol. The number of hydrogen-bond acceptors (Lipinski definition) is 3. The lowest BCUT2D eigenvalue weighted by Gasteiger charge is -2.33. The van der Waals surface area contributed by atoms with Gasteiger partial charge in [0.25, 0.3) is 0 Å². The van der Waals surface area contributed by atoms with Crippen LogP contribution in [0.1, 0.15) is 17.2 Å². The van der Waals surface area contributed by atoms with Crippen LogP contribution in [0.3, 0.4) is 0 Å². The smallest absolute Gasteiger partial charge is 0.0970 e. The molecule has 2 aromatic carbocycles. The van der Waals surface area contributed by atoms with E-state index in [9.17, 15) is 0 Å². The molecule has 1 aliphatic heterocycles. The molecule has 0 bridgehead atoms. The van der Waals surface area contributed by atoms with E-state index in [-0.39, 0.29) is 6.04 Å². The first kappa shape index (κ1) is 12.5. The molecule has 0 saturated carbocycles. The Morgan fingerprint density at radius 2 is 1.45 bits per heavy atom. The summed E-state index contributed by atoms with van der Waals surface area (Å²) < 4.78 is 0. The van der Waals surface area contributed by atoms with Gasteiger partial charge in [-0.3, -0.25) is 0 Å². The van der Waals surface area contributed by atoms with Crippen LogP contribution < -0.4 is 11.6 Å². The second kappa shape index (κ2) is 5.23. The Balaban J connectivity index is 2.14. The molecule has 1 heterocycles. The lowest BCUT2D eigenvalue weighted by Crippen LogP contribution is -2.34. The Hall–Kier alpha value is -2.52. The summed E-state index contributed by atoms with van der Waals surface area (Å²) in [5.74, 6) is 6.16. The molecular weight excluding hydrogens is 246 g/mol. The summed E-state index contributed by atoms with van der Waals surface area (Å²) >= 11 is 0. The van der Waals surface area contributed by atoms with Gasteiger partial charge in [-0.25, -0.2) is 5.84 Å². The van der Waals surface area contributed by atoms with E-state index in [1.54, 1.807) is 5.01 Å². The van der Waals surface area contributed by atoms with Gasteiger partial charge in [0.15, 0.2) is 0 Å². The van der Waals surface area contributed by atoms with Gasteiger partial charge in [0.05, 0.1) is 6.04 Å². The molecule has 1 aliphatic rings. The third-order valence-corrected chi connectivity index (χ3v) is 3.51. The molecule has 20 heavy (non-hydrogen) atoms. The third kappa shape index (κ3) is 2.19. The molecular formula is C17H17N3. The monoisotopic (exact) mass is 263 g/mol. The van der Waals surface area contributed by atoms with Gasteiger partial charge in [0, 0.05) is 17.5 Å². The maximum absolute atomic E-state index is 6.21. The number of hydrazine groups is 1. The van der Waals surface area contributed by atoms with E-state index in [0.717, 1.165) is 22.4 Å². The predicted octanol–water partition coefficient (Wildman–Crippen LogP) is 2.80. The van der Waals surface area contributed by atoms with Crippen molar-refractivity contribution in [2.75, 3.05) is 0 Å². The number of nitrogens with zero attached hydrogens (tertiary/aromatic N) is 1.